The van der Waals surface area contributed by atoms with Gasteiger partial charge in [0.25, 0.3) is 0 Å². The number of halogens is 2. The summed E-state index contributed by atoms with van der Waals surface area (Å²) in [6.07, 6.45) is 0.268. The summed E-state index contributed by atoms with van der Waals surface area (Å²) < 4.78 is 53.4. The van der Waals surface area contributed by atoms with Gasteiger partial charge in [-0.1, -0.05) is 17.7 Å². The fraction of sp³-hybridized carbons (Fsp3) is 0.235. The largest absolute Gasteiger partial charge is 0.311 e. The van der Waals surface area contributed by atoms with Gasteiger partial charge in [0.15, 0.2) is 0 Å². The number of carbonyl (C=O) groups excluding carboxylic acids is 1. The van der Waals surface area contributed by atoms with E-state index in [0.717, 1.165) is 5.56 Å². The Kier molecular flexibility index (Phi) is 4.57. The lowest BCUT2D eigenvalue weighted by Gasteiger charge is -2.17. The molecule has 1 amide bonds. The molecule has 2 aromatic carbocycles. The lowest BCUT2D eigenvalue weighted by atomic mass is 10.2. The molecule has 1 atom stereocenters. The van der Waals surface area contributed by atoms with Crippen molar-refractivity contribution in [3.63, 3.8) is 0 Å². The lowest BCUT2D eigenvalue weighted by Crippen LogP contribution is -2.41. The monoisotopic (exact) mass is 366 g/mol. The van der Waals surface area contributed by atoms with Gasteiger partial charge in [-0.3, -0.25) is 4.79 Å². The van der Waals surface area contributed by atoms with Crippen LogP contribution < -0.4 is 9.62 Å². The van der Waals surface area contributed by atoms with E-state index in [1.165, 1.54) is 4.90 Å². The van der Waals surface area contributed by atoms with E-state index in [1.54, 1.807) is 12.1 Å². The number of hydrogen-bond acceptors (Lipinski definition) is 3. The third-order valence-corrected chi connectivity index (χ3v) is 5.45. The van der Waals surface area contributed by atoms with Crippen LogP contribution in [0.15, 0.2) is 47.4 Å². The number of amides is 1. The van der Waals surface area contributed by atoms with Gasteiger partial charge in [0.1, 0.15) is 17.7 Å². The molecule has 0 unspecified atom stereocenters. The number of hydrogen-bond donors (Lipinski definition) is 1. The van der Waals surface area contributed by atoms with Gasteiger partial charge in [0, 0.05) is 18.3 Å². The highest BCUT2D eigenvalue weighted by molar-refractivity contribution is 7.89. The van der Waals surface area contributed by atoms with E-state index >= 15 is 0 Å². The van der Waals surface area contributed by atoms with Gasteiger partial charge in [-0.2, -0.15) is 4.72 Å². The zero-order valence-electron chi connectivity index (χ0n) is 13.4. The van der Waals surface area contributed by atoms with Crippen LogP contribution in [0.25, 0.3) is 0 Å². The first-order valence-electron chi connectivity index (χ1n) is 7.63. The van der Waals surface area contributed by atoms with Crippen molar-refractivity contribution in [3.05, 3.63) is 59.7 Å². The SMILES string of the molecule is Cc1ccc(N2CC[C@@H](NS(=O)(=O)c3cc(F)cc(F)c3)C2=O)cc1. The number of rotatable bonds is 4. The van der Waals surface area contributed by atoms with E-state index in [4.69, 9.17) is 0 Å². The van der Waals surface area contributed by atoms with Crippen LogP contribution in [0.5, 0.6) is 0 Å². The predicted octanol–water partition coefficient (Wildman–Crippen LogP) is 2.36. The summed E-state index contributed by atoms with van der Waals surface area (Å²) in [7, 11) is -4.21. The Morgan fingerprint density at radius 2 is 1.68 bits per heavy atom. The van der Waals surface area contributed by atoms with E-state index in [2.05, 4.69) is 4.72 Å². The first-order valence-corrected chi connectivity index (χ1v) is 9.11. The second kappa shape index (κ2) is 6.53. The summed E-state index contributed by atoms with van der Waals surface area (Å²) >= 11 is 0. The zero-order chi connectivity index (χ0) is 18.2. The molecule has 0 saturated carbocycles. The number of nitrogens with zero attached hydrogens (tertiary/aromatic N) is 1. The molecule has 132 valence electrons. The molecule has 1 fully saturated rings. The Hall–Kier alpha value is -2.32. The summed E-state index contributed by atoms with van der Waals surface area (Å²) in [4.78, 5) is 13.4. The number of benzene rings is 2. The quantitative estimate of drug-likeness (QED) is 0.903. The number of aryl methyl sites for hydroxylation is 1. The molecular formula is C17H16F2N2O3S. The van der Waals surface area contributed by atoms with E-state index in [-0.39, 0.29) is 6.42 Å². The molecule has 1 saturated heterocycles. The number of anilines is 1. The average Bonchev–Trinajstić information content (AvgIpc) is 2.88. The van der Waals surface area contributed by atoms with Crippen molar-refractivity contribution in [1.29, 1.82) is 0 Å². The van der Waals surface area contributed by atoms with Crippen LogP contribution in [0.2, 0.25) is 0 Å². The third-order valence-electron chi connectivity index (χ3n) is 3.99. The maximum absolute atomic E-state index is 13.3. The van der Waals surface area contributed by atoms with Crippen LogP contribution in [-0.2, 0) is 14.8 Å². The van der Waals surface area contributed by atoms with Crippen LogP contribution in [0.3, 0.4) is 0 Å². The van der Waals surface area contributed by atoms with Crippen LogP contribution in [0.4, 0.5) is 14.5 Å². The van der Waals surface area contributed by atoms with Crippen molar-refractivity contribution in [2.45, 2.75) is 24.3 Å². The zero-order valence-corrected chi connectivity index (χ0v) is 14.2. The van der Waals surface area contributed by atoms with Crippen LogP contribution in [0.1, 0.15) is 12.0 Å². The Bertz CT molecular complexity index is 894. The molecule has 0 bridgehead atoms. The highest BCUT2D eigenvalue weighted by atomic mass is 32.2. The minimum atomic E-state index is -4.21. The van der Waals surface area contributed by atoms with Gasteiger partial charge in [0.2, 0.25) is 15.9 Å². The van der Waals surface area contributed by atoms with Crippen molar-refractivity contribution >= 4 is 21.6 Å². The average molecular weight is 366 g/mol. The standard InChI is InChI=1S/C17H16F2N2O3S/c1-11-2-4-14(5-3-11)21-7-6-16(17(21)22)20-25(23,24)15-9-12(18)8-13(19)10-15/h2-5,8-10,16,20H,6-7H2,1H3/t16-/m1/s1. The molecule has 0 aromatic heterocycles. The molecule has 1 heterocycles. The number of carbonyl (C=O) groups is 1. The molecule has 5 nitrogen and oxygen atoms in total. The number of nitrogens with one attached hydrogen (secondary N) is 1. The molecule has 25 heavy (non-hydrogen) atoms. The minimum absolute atomic E-state index is 0.268. The lowest BCUT2D eigenvalue weighted by molar-refractivity contribution is -0.118. The second-order valence-electron chi connectivity index (χ2n) is 5.89. The summed E-state index contributed by atoms with van der Waals surface area (Å²) in [6, 6.07) is 8.31. The van der Waals surface area contributed by atoms with Crippen LogP contribution in [-0.4, -0.2) is 26.9 Å². The molecule has 0 spiro atoms. The fourth-order valence-corrected chi connectivity index (χ4v) is 3.97. The van der Waals surface area contributed by atoms with Gasteiger partial charge < -0.3 is 4.90 Å². The summed E-state index contributed by atoms with van der Waals surface area (Å²) in [5.41, 5.74) is 1.72. The predicted molar refractivity (Wildman–Crippen MR) is 88.6 cm³/mol. The first-order chi connectivity index (χ1) is 11.8. The molecule has 1 N–H and O–H groups in total. The van der Waals surface area contributed by atoms with Crippen molar-refractivity contribution in [2.75, 3.05) is 11.4 Å². The first kappa shape index (κ1) is 17.5. The minimum Gasteiger partial charge on any atom is -0.311 e. The van der Waals surface area contributed by atoms with Gasteiger partial charge in [0.05, 0.1) is 4.90 Å². The molecule has 0 aliphatic carbocycles. The summed E-state index contributed by atoms with van der Waals surface area (Å²) in [6.45, 7) is 2.28. The normalized spacial score (nSPS) is 18.0. The maximum Gasteiger partial charge on any atom is 0.245 e. The third kappa shape index (κ3) is 3.69. The fourth-order valence-electron chi connectivity index (χ4n) is 2.71. The van der Waals surface area contributed by atoms with Crippen LogP contribution >= 0.6 is 0 Å². The summed E-state index contributed by atoms with van der Waals surface area (Å²) in [5, 5.41) is 0. The van der Waals surface area contributed by atoms with Gasteiger partial charge in [-0.15, -0.1) is 0 Å². The highest BCUT2D eigenvalue weighted by Gasteiger charge is 2.35. The van der Waals surface area contributed by atoms with Gasteiger partial charge in [-0.25, -0.2) is 17.2 Å². The van der Waals surface area contributed by atoms with Crippen molar-refractivity contribution in [3.8, 4) is 0 Å². The van der Waals surface area contributed by atoms with E-state index in [9.17, 15) is 22.0 Å². The topological polar surface area (TPSA) is 66.5 Å². The summed E-state index contributed by atoms with van der Waals surface area (Å²) in [5.74, 6) is -2.40. The van der Waals surface area contributed by atoms with E-state index in [0.29, 0.717) is 30.4 Å². The molecule has 1 aliphatic heterocycles. The Morgan fingerprint density at radius 1 is 1.08 bits per heavy atom. The molecule has 1 aliphatic rings. The van der Waals surface area contributed by atoms with Gasteiger partial charge >= 0.3 is 0 Å². The Labute approximate surface area is 144 Å². The molecule has 2 aromatic rings. The van der Waals surface area contributed by atoms with Crippen molar-refractivity contribution in [2.24, 2.45) is 0 Å². The van der Waals surface area contributed by atoms with Gasteiger partial charge in [-0.05, 0) is 37.6 Å². The Morgan fingerprint density at radius 3 is 2.28 bits per heavy atom. The molecule has 0 radical (unpaired) electrons. The van der Waals surface area contributed by atoms with E-state index in [1.807, 2.05) is 19.1 Å². The molecular weight excluding hydrogens is 350 g/mol. The molecule has 8 heteroatoms. The maximum atomic E-state index is 13.3. The highest BCUT2D eigenvalue weighted by Crippen LogP contribution is 2.23. The Balaban J connectivity index is 1.79. The number of sulfonamides is 1. The molecule has 3 rings (SSSR count). The van der Waals surface area contributed by atoms with Crippen LogP contribution in [0, 0.1) is 18.6 Å². The van der Waals surface area contributed by atoms with E-state index < -0.39 is 38.5 Å². The second-order valence-corrected chi connectivity index (χ2v) is 7.61. The van der Waals surface area contributed by atoms with Crippen molar-refractivity contribution in [1.82, 2.24) is 4.72 Å². The van der Waals surface area contributed by atoms with Crippen molar-refractivity contribution < 1.29 is 22.0 Å². The smallest absolute Gasteiger partial charge is 0.245 e.